The van der Waals surface area contributed by atoms with Crippen LogP contribution in [0.2, 0.25) is 0 Å². The van der Waals surface area contributed by atoms with E-state index < -0.39 is 29.9 Å². The molecule has 0 bridgehead atoms. The smallest absolute Gasteiger partial charge is 0.489 e. The fourth-order valence-corrected chi connectivity index (χ4v) is 12.0. The van der Waals surface area contributed by atoms with Crippen LogP contribution in [0.3, 0.4) is 0 Å². The molecule has 0 saturated carbocycles. The van der Waals surface area contributed by atoms with Gasteiger partial charge in [-0.2, -0.15) is 18.3 Å². The number of ketones is 2. The number of likely N-dealkylation sites (N-methyl/N-ethyl adjacent to an activating group) is 1. The zero-order chi connectivity index (χ0) is 85.7. The molecule has 0 aliphatic carbocycles. The first kappa shape index (κ1) is 94.8. The van der Waals surface area contributed by atoms with Crippen molar-refractivity contribution in [2.45, 2.75) is 51.7 Å². The highest BCUT2D eigenvalue weighted by Crippen LogP contribution is 2.34. The number of nitrogens with zero attached hydrogens (tertiary/aromatic N) is 7. The van der Waals surface area contributed by atoms with Gasteiger partial charge in [0.1, 0.15) is 30.1 Å². The van der Waals surface area contributed by atoms with Gasteiger partial charge in [0.15, 0.2) is 23.5 Å². The van der Waals surface area contributed by atoms with E-state index in [2.05, 4.69) is 52.2 Å². The second-order valence-corrected chi connectivity index (χ2v) is 27.6. The Hall–Kier alpha value is -10.1. The third kappa shape index (κ3) is 35.1. The van der Waals surface area contributed by atoms with E-state index in [4.69, 9.17) is 61.6 Å². The van der Waals surface area contributed by atoms with Gasteiger partial charge < -0.3 is 81.8 Å². The molecule has 0 radical (unpaired) electrons. The molecule has 2 N–H and O–H groups in total. The SMILES string of the molecule is Cc1ccc(C(=O)Cc2ccc(CN3CCN(C)CC3)c(C(F)(F)F)c2)cc1C#Cc1cnc2cc(OCCOCCOCCOCCOCCOCCOCCNC(=O)c3ccc(C=O)c(C(=O)NCCOCCOCCOCCOCCOCCOCCCC(=O)c4cccc(-c5cc(Cc6ccc(OC(F)(F)F)cc6)ncn5)c4)c3)cnn12. The van der Waals surface area contributed by atoms with Gasteiger partial charge in [0.2, 0.25) is 0 Å². The highest BCUT2D eigenvalue weighted by Gasteiger charge is 2.35. The molecule has 28 nitrogen and oxygen atoms in total. The molecule has 652 valence electrons. The normalized spacial score (nSPS) is 12.7. The number of ether oxygens (including phenoxy) is 14. The highest BCUT2D eigenvalue weighted by molar-refractivity contribution is 6.05. The zero-order valence-electron chi connectivity index (χ0n) is 67.9. The predicted molar refractivity (Wildman–Crippen MR) is 431 cm³/mol. The van der Waals surface area contributed by atoms with Crippen LogP contribution in [0.4, 0.5) is 26.3 Å². The molecule has 0 spiro atoms. The van der Waals surface area contributed by atoms with Crippen molar-refractivity contribution in [2.75, 3.05) is 211 Å². The number of fused-ring (bicyclic) bond motifs is 1. The van der Waals surface area contributed by atoms with Gasteiger partial charge in [-0.05, 0) is 97.1 Å². The lowest BCUT2D eigenvalue weighted by atomic mass is 9.96. The van der Waals surface area contributed by atoms with Crippen LogP contribution < -0.4 is 20.1 Å². The van der Waals surface area contributed by atoms with Gasteiger partial charge in [-0.1, -0.05) is 66.6 Å². The number of hydrogen-bond donors (Lipinski definition) is 2. The molecular formula is C87H103F6N9O19. The number of nitrogens with one attached hydrogen (secondary N) is 2. The van der Waals surface area contributed by atoms with E-state index in [1.54, 1.807) is 71.5 Å². The molecule has 3 aromatic heterocycles. The number of rotatable bonds is 57. The molecule has 1 fully saturated rings. The summed E-state index contributed by atoms with van der Waals surface area (Å²) in [5.41, 5.74) is 6.14. The Morgan fingerprint density at radius 1 is 0.512 bits per heavy atom. The Kier molecular flexibility index (Phi) is 41.0. The van der Waals surface area contributed by atoms with Crippen LogP contribution in [0.15, 0.2) is 134 Å². The molecule has 4 heterocycles. The van der Waals surface area contributed by atoms with E-state index in [0.717, 1.165) is 35.8 Å². The summed E-state index contributed by atoms with van der Waals surface area (Å²) in [5.74, 6) is 5.02. The first-order valence-corrected chi connectivity index (χ1v) is 39.9. The van der Waals surface area contributed by atoms with Gasteiger partial charge in [-0.3, -0.25) is 28.9 Å². The second-order valence-electron chi connectivity index (χ2n) is 27.6. The van der Waals surface area contributed by atoms with Crippen molar-refractivity contribution in [3.8, 4) is 34.6 Å². The maximum Gasteiger partial charge on any atom is 0.573 e. The topological polar surface area (TPSA) is 301 Å². The fraction of sp³-hybridized carbons (Fsp3) is 0.460. The minimum atomic E-state index is -4.77. The van der Waals surface area contributed by atoms with Crippen LogP contribution >= 0.6 is 0 Å². The molecule has 5 aromatic carbocycles. The monoisotopic (exact) mass is 1690 g/mol. The zero-order valence-corrected chi connectivity index (χ0v) is 67.9. The van der Waals surface area contributed by atoms with E-state index in [1.807, 2.05) is 24.9 Å². The Morgan fingerprint density at radius 3 is 1.65 bits per heavy atom. The Morgan fingerprint density at radius 2 is 1.07 bits per heavy atom. The summed E-state index contributed by atoms with van der Waals surface area (Å²) in [6.45, 7) is 13.7. The van der Waals surface area contributed by atoms with Crippen molar-refractivity contribution < 1.29 is 117 Å². The third-order valence-electron chi connectivity index (χ3n) is 18.5. The van der Waals surface area contributed by atoms with E-state index in [0.29, 0.717) is 210 Å². The standard InChI is InChI=1S/C87H103F6N9O19/c1-64-8-12-70(82(105)53-66-9-13-72(79(52-66)86(88,89)90)61-101-24-22-100(2)23-25-101)54-67(64)16-17-75-59-96-83-58-77(60-99-102(75)83)120-50-49-119-48-47-118-46-45-117-44-43-115-39-36-112-33-30-109-27-20-94-84(106)71-14-15-73(62-103)78(56-71)85(107)95-21-28-110-31-34-113-37-40-116-42-41-114-38-35-111-32-29-108-26-4-7-81(104)69-6-3-5-68(55-69)80-57-74(97-63-98-80)51-65-10-18-76(19-11-65)121-87(91,92)93/h3,5-6,8-15,18-19,52,54-60,62-63H,4,7,20-51,53,61H2,1-2H3,(H,94,106)(H,95,107). The number of piperazine rings is 1. The van der Waals surface area contributed by atoms with Crippen molar-refractivity contribution in [3.05, 3.63) is 207 Å². The lowest BCUT2D eigenvalue weighted by molar-refractivity contribution is -0.274. The van der Waals surface area contributed by atoms with E-state index >= 15 is 0 Å². The number of imidazole rings is 1. The summed E-state index contributed by atoms with van der Waals surface area (Å²) in [5, 5.41) is 9.90. The number of aldehydes is 1. The van der Waals surface area contributed by atoms with Gasteiger partial charge in [0.05, 0.1) is 181 Å². The molecular weight excluding hydrogens is 1590 g/mol. The van der Waals surface area contributed by atoms with E-state index in [1.165, 1.54) is 54.9 Å². The minimum Gasteiger partial charge on any atom is -0.489 e. The van der Waals surface area contributed by atoms with Gasteiger partial charge in [-0.15, -0.1) is 13.2 Å². The molecule has 1 aliphatic heterocycles. The second kappa shape index (κ2) is 52.3. The van der Waals surface area contributed by atoms with Crippen molar-refractivity contribution in [1.82, 2.24) is 45.0 Å². The van der Waals surface area contributed by atoms with Crippen molar-refractivity contribution >= 4 is 35.3 Å². The van der Waals surface area contributed by atoms with Crippen LogP contribution in [0.5, 0.6) is 11.5 Å². The number of carbonyl (C=O) groups is 5. The van der Waals surface area contributed by atoms with Gasteiger partial charge >= 0.3 is 12.5 Å². The summed E-state index contributed by atoms with van der Waals surface area (Å²) in [7, 11) is 1.99. The lowest BCUT2D eigenvalue weighted by Gasteiger charge is -2.33. The number of amides is 2. The number of carbonyl (C=O) groups excluding carboxylic acids is 5. The van der Waals surface area contributed by atoms with Crippen molar-refractivity contribution in [2.24, 2.45) is 0 Å². The van der Waals surface area contributed by atoms with Crippen LogP contribution in [-0.4, -0.2) is 282 Å². The Labute approximate surface area is 698 Å². The average Bonchev–Trinajstić information content (AvgIpc) is 1.75. The number of aryl methyl sites for hydroxylation is 1. The van der Waals surface area contributed by atoms with Gasteiger partial charge in [-0.25, -0.2) is 19.5 Å². The van der Waals surface area contributed by atoms with Gasteiger partial charge in [0.25, 0.3) is 11.8 Å². The molecule has 34 heteroatoms. The molecule has 8 aromatic rings. The molecule has 9 rings (SSSR count). The Bertz CT molecular complexity index is 4580. The maximum atomic E-state index is 14.2. The molecule has 1 saturated heterocycles. The fourth-order valence-electron chi connectivity index (χ4n) is 12.0. The van der Waals surface area contributed by atoms with E-state index in [9.17, 15) is 50.3 Å². The first-order chi connectivity index (χ1) is 58.7. The summed E-state index contributed by atoms with van der Waals surface area (Å²) in [6.07, 6.45) is -3.28. The van der Waals surface area contributed by atoms with Crippen LogP contribution in [-0.2, 0) is 82.4 Å². The minimum absolute atomic E-state index is 0.0421. The van der Waals surface area contributed by atoms with Crippen molar-refractivity contribution in [1.29, 1.82) is 0 Å². The number of alkyl halides is 6. The lowest BCUT2D eigenvalue weighted by Crippen LogP contribution is -2.44. The quantitative estimate of drug-likeness (QED) is 0.0118. The predicted octanol–water partition coefficient (Wildman–Crippen LogP) is 9.79. The summed E-state index contributed by atoms with van der Waals surface area (Å²) < 4.78 is 159. The Balaban J connectivity index is 0.495. The number of hydrogen-bond acceptors (Lipinski definition) is 25. The number of benzene rings is 5. The maximum absolute atomic E-state index is 14.2. The molecule has 2 amide bonds. The molecule has 0 atom stereocenters. The molecule has 121 heavy (non-hydrogen) atoms. The number of halogens is 6. The summed E-state index contributed by atoms with van der Waals surface area (Å²) >= 11 is 0. The van der Waals surface area contributed by atoms with Crippen LogP contribution in [0.1, 0.15) is 109 Å². The number of Topliss-reactive ketones (excluding diaryl/α,β-unsaturated/α-hetero) is 2. The van der Waals surface area contributed by atoms with Crippen LogP contribution in [0, 0.1) is 18.8 Å². The average molecular weight is 1690 g/mol. The van der Waals surface area contributed by atoms with Crippen LogP contribution in [0.25, 0.3) is 16.9 Å². The highest BCUT2D eigenvalue weighted by atomic mass is 19.4. The molecule has 0 unspecified atom stereocenters. The summed E-state index contributed by atoms with van der Waals surface area (Å²) in [4.78, 5) is 81.4. The first-order valence-electron chi connectivity index (χ1n) is 39.9. The molecule has 1 aliphatic rings. The van der Waals surface area contributed by atoms with Gasteiger partial charge in [0, 0.05) is 117 Å². The van der Waals surface area contributed by atoms with E-state index in [-0.39, 0.29) is 111 Å². The van der Waals surface area contributed by atoms with Crippen molar-refractivity contribution in [3.63, 3.8) is 0 Å². The summed E-state index contributed by atoms with van der Waals surface area (Å²) in [6, 6.07) is 29.7. The largest absolute Gasteiger partial charge is 0.573 e. The third-order valence-corrected chi connectivity index (χ3v) is 18.5. The number of aromatic nitrogens is 5.